The molecule has 0 saturated carbocycles. The van der Waals surface area contributed by atoms with Crippen LogP contribution >= 0.6 is 23.4 Å². The minimum atomic E-state index is -4.06. The van der Waals surface area contributed by atoms with Gasteiger partial charge >= 0.3 is 5.76 Å². The Kier molecular flexibility index (Phi) is 7.15. The van der Waals surface area contributed by atoms with E-state index in [4.69, 9.17) is 16.0 Å². The third-order valence-corrected chi connectivity index (χ3v) is 7.11. The molecule has 1 amide bonds. The zero-order valence-corrected chi connectivity index (χ0v) is 19.5. The number of hydrogen-bond donors (Lipinski definition) is 2. The summed E-state index contributed by atoms with van der Waals surface area (Å²) in [6.07, 6.45) is 2.14. The Hall–Kier alpha value is -2.27. The maximum absolute atomic E-state index is 13.0. The van der Waals surface area contributed by atoms with Crippen LogP contribution in [0, 0.1) is 6.92 Å². The number of halogens is 1. The molecule has 0 bridgehead atoms. The van der Waals surface area contributed by atoms with Gasteiger partial charge < -0.3 is 9.73 Å². The molecule has 1 aromatic heterocycles. The van der Waals surface area contributed by atoms with Crippen molar-refractivity contribution in [1.82, 2.24) is 9.29 Å². The number of nitrogens with zero attached hydrogens (tertiary/aromatic N) is 1. The number of oxazole rings is 1. The second-order valence-corrected chi connectivity index (χ2v) is 10.1. The summed E-state index contributed by atoms with van der Waals surface area (Å²) in [4.78, 5) is 24.4. The molecule has 31 heavy (non-hydrogen) atoms. The monoisotopic (exact) mass is 483 g/mol. The standard InChI is InChI=1S/C20H22ClN3O5S2/c1-12-4-6-15(14(21)10-12)22-19(25)16(8-9-30-3)23-31(27,28)13-5-7-17-18(11-13)29-20(26)24(17)2/h4-7,10-11,16,23H,8-9H2,1-3H3,(H,22,25)/t16-/m0/s1. The number of sulfonamides is 1. The van der Waals surface area contributed by atoms with Crippen molar-refractivity contribution >= 4 is 56.1 Å². The third-order valence-electron chi connectivity index (χ3n) is 4.68. The highest BCUT2D eigenvalue weighted by molar-refractivity contribution is 7.98. The smallest absolute Gasteiger partial charge is 0.408 e. The first kappa shape index (κ1) is 23.4. The summed E-state index contributed by atoms with van der Waals surface area (Å²) in [6, 6.07) is 8.26. The zero-order chi connectivity index (χ0) is 22.8. The Bertz CT molecular complexity index is 1280. The first-order valence-corrected chi connectivity index (χ1v) is 12.6. The number of nitrogens with one attached hydrogen (secondary N) is 2. The Labute approximate surface area is 189 Å². The number of amides is 1. The third kappa shape index (κ3) is 5.32. The Balaban J connectivity index is 1.86. The number of fused-ring (bicyclic) bond motifs is 1. The molecule has 0 unspecified atom stereocenters. The lowest BCUT2D eigenvalue weighted by Crippen LogP contribution is -2.44. The number of anilines is 1. The van der Waals surface area contributed by atoms with Crippen LogP contribution in [-0.4, -0.2) is 36.9 Å². The summed E-state index contributed by atoms with van der Waals surface area (Å²) in [5, 5.41) is 3.06. The number of carbonyl (C=O) groups excluding carboxylic acids is 1. The fourth-order valence-electron chi connectivity index (χ4n) is 2.96. The first-order chi connectivity index (χ1) is 14.6. The molecule has 1 atom stereocenters. The number of hydrogen-bond acceptors (Lipinski definition) is 6. The summed E-state index contributed by atoms with van der Waals surface area (Å²) >= 11 is 7.68. The normalized spacial score (nSPS) is 12.8. The summed E-state index contributed by atoms with van der Waals surface area (Å²) in [6.45, 7) is 1.87. The van der Waals surface area contributed by atoms with Crippen LogP contribution in [0.15, 0.2) is 50.5 Å². The SMILES string of the molecule is CSCC[C@H](NS(=O)(=O)c1ccc2c(c1)oc(=O)n2C)C(=O)Nc1ccc(C)cc1Cl. The van der Waals surface area contributed by atoms with Crippen molar-refractivity contribution in [2.45, 2.75) is 24.3 Å². The minimum Gasteiger partial charge on any atom is -0.408 e. The summed E-state index contributed by atoms with van der Waals surface area (Å²) < 4.78 is 34.7. The van der Waals surface area contributed by atoms with Crippen molar-refractivity contribution in [3.8, 4) is 0 Å². The van der Waals surface area contributed by atoms with Gasteiger partial charge in [-0.25, -0.2) is 13.2 Å². The maximum atomic E-state index is 13.0. The van der Waals surface area contributed by atoms with Crippen molar-refractivity contribution in [1.29, 1.82) is 0 Å². The van der Waals surface area contributed by atoms with Gasteiger partial charge in [0.25, 0.3) is 0 Å². The van der Waals surface area contributed by atoms with Gasteiger partial charge in [-0.1, -0.05) is 17.7 Å². The molecule has 1 heterocycles. The second kappa shape index (κ2) is 9.47. The molecule has 166 valence electrons. The average molecular weight is 484 g/mol. The molecule has 0 saturated heterocycles. The van der Waals surface area contributed by atoms with Gasteiger partial charge in [0, 0.05) is 13.1 Å². The zero-order valence-electron chi connectivity index (χ0n) is 17.1. The summed E-state index contributed by atoms with van der Waals surface area (Å²) in [7, 11) is -2.54. The predicted molar refractivity (Wildman–Crippen MR) is 123 cm³/mol. The topological polar surface area (TPSA) is 110 Å². The molecule has 0 aliphatic heterocycles. The minimum absolute atomic E-state index is 0.107. The van der Waals surface area contributed by atoms with E-state index in [1.165, 1.54) is 41.6 Å². The lowest BCUT2D eigenvalue weighted by atomic mass is 10.2. The molecule has 8 nitrogen and oxygen atoms in total. The number of aryl methyl sites for hydroxylation is 2. The quantitative estimate of drug-likeness (QED) is 0.509. The van der Waals surface area contributed by atoms with Gasteiger partial charge in [-0.3, -0.25) is 9.36 Å². The summed E-state index contributed by atoms with van der Waals surface area (Å²) in [5.41, 5.74) is 1.95. The van der Waals surface area contributed by atoms with E-state index in [1.54, 1.807) is 18.2 Å². The van der Waals surface area contributed by atoms with Gasteiger partial charge in [-0.15, -0.1) is 0 Å². The highest BCUT2D eigenvalue weighted by atomic mass is 35.5. The van der Waals surface area contributed by atoms with Crippen LogP contribution < -0.4 is 15.8 Å². The molecule has 11 heteroatoms. The molecule has 2 N–H and O–H groups in total. The van der Waals surface area contributed by atoms with Crippen LogP contribution in [0.1, 0.15) is 12.0 Å². The van der Waals surface area contributed by atoms with Crippen molar-refractivity contribution in [2.75, 3.05) is 17.3 Å². The molecular formula is C20H22ClN3O5S2. The molecule has 2 aromatic carbocycles. The van der Waals surface area contributed by atoms with E-state index in [9.17, 15) is 18.0 Å². The van der Waals surface area contributed by atoms with Crippen LogP contribution in [0.2, 0.25) is 5.02 Å². The Morgan fingerprint density at radius 1 is 1.26 bits per heavy atom. The van der Waals surface area contributed by atoms with Gasteiger partial charge in [-0.2, -0.15) is 16.5 Å². The van der Waals surface area contributed by atoms with Crippen molar-refractivity contribution in [3.63, 3.8) is 0 Å². The van der Waals surface area contributed by atoms with E-state index in [-0.39, 0.29) is 16.9 Å². The number of aromatic nitrogens is 1. The van der Waals surface area contributed by atoms with E-state index >= 15 is 0 Å². The van der Waals surface area contributed by atoms with E-state index in [0.29, 0.717) is 22.0 Å². The van der Waals surface area contributed by atoms with Gasteiger partial charge in [0.2, 0.25) is 15.9 Å². The molecule has 0 fully saturated rings. The molecule has 0 spiro atoms. The Morgan fingerprint density at radius 2 is 2.00 bits per heavy atom. The van der Waals surface area contributed by atoms with Gasteiger partial charge in [-0.05, 0) is 55.2 Å². The van der Waals surface area contributed by atoms with E-state index in [1.807, 2.05) is 13.2 Å². The van der Waals surface area contributed by atoms with Gasteiger partial charge in [0.15, 0.2) is 5.58 Å². The molecule has 0 aliphatic carbocycles. The van der Waals surface area contributed by atoms with Gasteiger partial charge in [0.05, 0.1) is 21.1 Å². The van der Waals surface area contributed by atoms with Crippen molar-refractivity contribution in [2.24, 2.45) is 7.05 Å². The summed E-state index contributed by atoms with van der Waals surface area (Å²) in [5.74, 6) is -0.546. The van der Waals surface area contributed by atoms with Crippen molar-refractivity contribution < 1.29 is 17.6 Å². The average Bonchev–Trinajstić information content (AvgIpc) is 3.00. The van der Waals surface area contributed by atoms with E-state index in [2.05, 4.69) is 10.0 Å². The highest BCUT2D eigenvalue weighted by Crippen LogP contribution is 2.24. The molecule has 3 rings (SSSR count). The van der Waals surface area contributed by atoms with Crippen LogP contribution in [0.25, 0.3) is 11.1 Å². The van der Waals surface area contributed by atoms with Crippen LogP contribution in [0.5, 0.6) is 0 Å². The largest absolute Gasteiger partial charge is 0.419 e. The number of rotatable bonds is 8. The fourth-order valence-corrected chi connectivity index (χ4v) is 4.96. The number of carbonyl (C=O) groups is 1. The highest BCUT2D eigenvalue weighted by Gasteiger charge is 2.26. The fraction of sp³-hybridized carbons (Fsp3) is 0.300. The van der Waals surface area contributed by atoms with Crippen LogP contribution in [-0.2, 0) is 21.9 Å². The maximum Gasteiger partial charge on any atom is 0.419 e. The number of benzene rings is 2. The van der Waals surface area contributed by atoms with Crippen molar-refractivity contribution in [3.05, 3.63) is 57.5 Å². The van der Waals surface area contributed by atoms with E-state index in [0.717, 1.165) is 5.56 Å². The van der Waals surface area contributed by atoms with Gasteiger partial charge in [0.1, 0.15) is 6.04 Å². The number of thioether (sulfide) groups is 1. The molecular weight excluding hydrogens is 462 g/mol. The predicted octanol–water partition coefficient (Wildman–Crippen LogP) is 3.13. The molecule has 0 aliphatic rings. The lowest BCUT2D eigenvalue weighted by molar-refractivity contribution is -0.117. The van der Waals surface area contributed by atoms with E-state index < -0.39 is 27.7 Å². The second-order valence-electron chi connectivity index (χ2n) is 6.98. The van der Waals surface area contributed by atoms with Crippen LogP contribution in [0.3, 0.4) is 0 Å². The molecule has 0 radical (unpaired) electrons. The van der Waals surface area contributed by atoms with Crippen LogP contribution in [0.4, 0.5) is 5.69 Å². The first-order valence-electron chi connectivity index (χ1n) is 9.30. The molecule has 3 aromatic rings. The lowest BCUT2D eigenvalue weighted by Gasteiger charge is -2.19. The Morgan fingerprint density at radius 3 is 2.68 bits per heavy atom.